The largest absolute Gasteiger partial charge is 0.481 e. The van der Waals surface area contributed by atoms with E-state index in [1.807, 2.05) is 11.3 Å². The van der Waals surface area contributed by atoms with Gasteiger partial charge >= 0.3 is 5.97 Å². The summed E-state index contributed by atoms with van der Waals surface area (Å²) in [5.41, 5.74) is 0. The fourth-order valence-electron chi connectivity index (χ4n) is 3.43. The lowest BCUT2D eigenvalue weighted by molar-refractivity contribution is -0.137. The molecular weight excluding hydrogens is 270 g/mol. The number of likely N-dealkylation sites (tertiary alicyclic amines) is 1. The van der Waals surface area contributed by atoms with Gasteiger partial charge in [-0.3, -0.25) is 9.69 Å². The SMILES string of the molecule is O=C(O)CCC1CCN(C(c2cccs2)C2CC2)CC1. The van der Waals surface area contributed by atoms with Crippen LogP contribution >= 0.6 is 11.3 Å². The van der Waals surface area contributed by atoms with Crippen molar-refractivity contribution in [3.8, 4) is 0 Å². The van der Waals surface area contributed by atoms with E-state index in [0.29, 0.717) is 18.4 Å². The molecule has 1 unspecified atom stereocenters. The number of thiophene rings is 1. The van der Waals surface area contributed by atoms with Gasteiger partial charge in [0.25, 0.3) is 0 Å². The average Bonchev–Trinajstić information content (AvgIpc) is 3.13. The monoisotopic (exact) mass is 293 g/mol. The molecule has 1 N–H and O–H groups in total. The van der Waals surface area contributed by atoms with E-state index in [4.69, 9.17) is 5.11 Å². The minimum absolute atomic E-state index is 0.335. The summed E-state index contributed by atoms with van der Waals surface area (Å²) < 4.78 is 0. The van der Waals surface area contributed by atoms with Gasteiger partial charge in [-0.05, 0) is 68.5 Å². The van der Waals surface area contributed by atoms with Gasteiger partial charge in [-0.1, -0.05) is 6.07 Å². The third kappa shape index (κ3) is 3.41. The molecule has 2 fully saturated rings. The molecule has 1 aliphatic heterocycles. The molecule has 3 rings (SSSR count). The molecule has 0 radical (unpaired) electrons. The Balaban J connectivity index is 1.55. The van der Waals surface area contributed by atoms with E-state index in [1.165, 1.54) is 30.6 Å². The Morgan fingerprint density at radius 2 is 2.10 bits per heavy atom. The summed E-state index contributed by atoms with van der Waals surface area (Å²) in [5, 5.41) is 11.0. The van der Waals surface area contributed by atoms with Crippen molar-refractivity contribution in [1.29, 1.82) is 0 Å². The van der Waals surface area contributed by atoms with Gasteiger partial charge in [-0.2, -0.15) is 0 Å². The average molecular weight is 293 g/mol. The lowest BCUT2D eigenvalue weighted by Gasteiger charge is -2.37. The zero-order chi connectivity index (χ0) is 13.9. The molecule has 1 aliphatic carbocycles. The van der Waals surface area contributed by atoms with Crippen LogP contribution in [0.1, 0.15) is 49.4 Å². The quantitative estimate of drug-likeness (QED) is 0.868. The van der Waals surface area contributed by atoms with Crippen molar-refractivity contribution in [3.05, 3.63) is 22.4 Å². The number of hydrogen-bond donors (Lipinski definition) is 1. The first kappa shape index (κ1) is 14.1. The lowest BCUT2D eigenvalue weighted by Crippen LogP contribution is -2.37. The van der Waals surface area contributed by atoms with Gasteiger partial charge < -0.3 is 5.11 Å². The normalized spacial score (nSPS) is 22.8. The third-order valence-corrected chi connectivity index (χ3v) is 5.66. The van der Waals surface area contributed by atoms with Gasteiger partial charge in [0, 0.05) is 17.3 Å². The summed E-state index contributed by atoms with van der Waals surface area (Å²) in [7, 11) is 0. The summed E-state index contributed by atoms with van der Waals surface area (Å²) in [6, 6.07) is 5.08. The van der Waals surface area contributed by atoms with Crippen LogP contribution in [0.25, 0.3) is 0 Å². The van der Waals surface area contributed by atoms with Crippen LogP contribution in [0.3, 0.4) is 0 Å². The Hall–Kier alpha value is -0.870. The lowest BCUT2D eigenvalue weighted by atomic mass is 9.91. The maximum atomic E-state index is 10.7. The van der Waals surface area contributed by atoms with Gasteiger partial charge in [0.15, 0.2) is 0 Å². The highest BCUT2D eigenvalue weighted by atomic mass is 32.1. The number of piperidine rings is 1. The van der Waals surface area contributed by atoms with Crippen LogP contribution < -0.4 is 0 Å². The highest BCUT2D eigenvalue weighted by Crippen LogP contribution is 2.46. The predicted molar refractivity (Wildman–Crippen MR) is 81.0 cm³/mol. The van der Waals surface area contributed by atoms with E-state index in [1.54, 1.807) is 0 Å². The Bertz CT molecular complexity index is 433. The van der Waals surface area contributed by atoms with Gasteiger partial charge in [-0.25, -0.2) is 0 Å². The molecule has 1 aromatic rings. The number of carboxylic acid groups (broad SMARTS) is 1. The molecule has 0 spiro atoms. The maximum absolute atomic E-state index is 10.7. The predicted octanol–water partition coefficient (Wildman–Crippen LogP) is 3.78. The zero-order valence-corrected chi connectivity index (χ0v) is 12.6. The van der Waals surface area contributed by atoms with Crippen molar-refractivity contribution in [2.24, 2.45) is 11.8 Å². The topological polar surface area (TPSA) is 40.5 Å². The van der Waals surface area contributed by atoms with Gasteiger partial charge in [0.05, 0.1) is 0 Å². The highest BCUT2D eigenvalue weighted by molar-refractivity contribution is 7.10. The number of rotatable bonds is 6. The number of carboxylic acids is 1. The Labute approximate surface area is 124 Å². The van der Waals surface area contributed by atoms with Crippen LogP contribution in [0.2, 0.25) is 0 Å². The smallest absolute Gasteiger partial charge is 0.303 e. The molecule has 2 heterocycles. The van der Waals surface area contributed by atoms with Crippen LogP contribution in [0.15, 0.2) is 17.5 Å². The second-order valence-electron chi connectivity index (χ2n) is 6.21. The fourth-order valence-corrected chi connectivity index (χ4v) is 4.38. The van der Waals surface area contributed by atoms with E-state index in [0.717, 1.165) is 25.4 Å². The highest BCUT2D eigenvalue weighted by Gasteiger charge is 2.38. The van der Waals surface area contributed by atoms with Crippen molar-refractivity contribution in [3.63, 3.8) is 0 Å². The molecule has 4 heteroatoms. The summed E-state index contributed by atoms with van der Waals surface area (Å²) in [6.45, 7) is 2.28. The van der Waals surface area contributed by atoms with Crippen LogP contribution in [0.5, 0.6) is 0 Å². The molecular formula is C16H23NO2S. The molecule has 110 valence electrons. The Morgan fingerprint density at radius 3 is 2.65 bits per heavy atom. The van der Waals surface area contributed by atoms with Crippen molar-refractivity contribution in [2.45, 2.75) is 44.6 Å². The molecule has 1 atom stereocenters. The van der Waals surface area contributed by atoms with E-state index in [2.05, 4.69) is 22.4 Å². The first-order chi connectivity index (χ1) is 9.74. The van der Waals surface area contributed by atoms with Crippen LogP contribution in [-0.2, 0) is 4.79 Å². The number of aliphatic carboxylic acids is 1. The third-order valence-electron chi connectivity index (χ3n) is 4.71. The molecule has 0 aromatic carbocycles. The van der Waals surface area contributed by atoms with Gasteiger partial charge in [0.1, 0.15) is 0 Å². The molecule has 0 bridgehead atoms. The minimum atomic E-state index is -0.651. The second kappa shape index (κ2) is 6.27. The summed E-state index contributed by atoms with van der Waals surface area (Å²) in [6.07, 6.45) is 6.28. The Morgan fingerprint density at radius 1 is 1.35 bits per heavy atom. The molecule has 0 amide bonds. The first-order valence-electron chi connectivity index (χ1n) is 7.73. The second-order valence-corrected chi connectivity index (χ2v) is 7.19. The van der Waals surface area contributed by atoms with Crippen LogP contribution in [0, 0.1) is 11.8 Å². The fraction of sp³-hybridized carbons (Fsp3) is 0.688. The maximum Gasteiger partial charge on any atom is 0.303 e. The Kier molecular flexibility index (Phi) is 4.41. The van der Waals surface area contributed by atoms with Gasteiger partial charge in [0.2, 0.25) is 0 Å². The molecule has 1 saturated heterocycles. The zero-order valence-electron chi connectivity index (χ0n) is 11.8. The minimum Gasteiger partial charge on any atom is -0.481 e. The number of nitrogens with zero attached hydrogens (tertiary/aromatic N) is 1. The van der Waals surface area contributed by atoms with Gasteiger partial charge in [-0.15, -0.1) is 11.3 Å². The van der Waals surface area contributed by atoms with Crippen LogP contribution in [0.4, 0.5) is 0 Å². The van der Waals surface area contributed by atoms with E-state index >= 15 is 0 Å². The molecule has 3 nitrogen and oxygen atoms in total. The van der Waals surface area contributed by atoms with Crippen LogP contribution in [-0.4, -0.2) is 29.1 Å². The van der Waals surface area contributed by atoms with Crippen molar-refractivity contribution in [1.82, 2.24) is 4.90 Å². The van der Waals surface area contributed by atoms with Crippen molar-refractivity contribution in [2.75, 3.05) is 13.1 Å². The first-order valence-corrected chi connectivity index (χ1v) is 8.61. The number of carbonyl (C=O) groups is 1. The molecule has 20 heavy (non-hydrogen) atoms. The molecule has 1 saturated carbocycles. The summed E-state index contributed by atoms with van der Waals surface area (Å²) in [5.74, 6) is 0.830. The van der Waals surface area contributed by atoms with E-state index in [-0.39, 0.29) is 0 Å². The molecule has 2 aliphatic rings. The van der Waals surface area contributed by atoms with E-state index in [9.17, 15) is 4.79 Å². The summed E-state index contributed by atoms with van der Waals surface area (Å²) >= 11 is 1.89. The summed E-state index contributed by atoms with van der Waals surface area (Å²) in [4.78, 5) is 14.8. The molecule has 1 aromatic heterocycles. The number of hydrogen-bond acceptors (Lipinski definition) is 3. The standard InChI is InChI=1S/C16H23NO2S/c18-15(19)6-3-12-7-9-17(10-8-12)16(13-4-5-13)14-2-1-11-20-14/h1-2,11-13,16H,3-10H2,(H,18,19). The van der Waals surface area contributed by atoms with Crippen molar-refractivity contribution < 1.29 is 9.90 Å². The van der Waals surface area contributed by atoms with E-state index < -0.39 is 5.97 Å². The van der Waals surface area contributed by atoms with Crippen molar-refractivity contribution >= 4 is 17.3 Å².